The molecule has 14 heteroatoms. The van der Waals surface area contributed by atoms with Crippen molar-refractivity contribution in [1.82, 2.24) is 30.1 Å². The van der Waals surface area contributed by atoms with E-state index in [1.165, 1.54) is 0 Å². The first-order valence-corrected chi connectivity index (χ1v) is 19.3. The molecule has 4 aromatic rings. The summed E-state index contributed by atoms with van der Waals surface area (Å²) < 4.78 is 7.59. The molecule has 2 amide bonds. The van der Waals surface area contributed by atoms with Gasteiger partial charge in [-0.2, -0.15) is 0 Å². The molecule has 54 heavy (non-hydrogen) atoms. The summed E-state index contributed by atoms with van der Waals surface area (Å²) in [6.07, 6.45) is 7.17. The molecule has 4 N–H and O–H groups in total. The number of hydrogen-bond donors (Lipinski definition) is 4. The number of nitrogens with zero attached hydrogens (tertiary/aromatic N) is 4. The lowest BCUT2D eigenvalue weighted by Crippen LogP contribution is -2.36. The summed E-state index contributed by atoms with van der Waals surface area (Å²) in [4.78, 5) is 48.3. The number of carboxylic acids is 1. The lowest BCUT2D eigenvalue weighted by Gasteiger charge is -2.33. The van der Waals surface area contributed by atoms with E-state index in [4.69, 9.17) is 32.9 Å². The predicted molar refractivity (Wildman–Crippen MR) is 208 cm³/mol. The first-order valence-electron chi connectivity index (χ1n) is 18.5. The van der Waals surface area contributed by atoms with Gasteiger partial charge in [0.2, 0.25) is 5.91 Å². The van der Waals surface area contributed by atoms with Gasteiger partial charge >= 0.3 is 5.97 Å². The van der Waals surface area contributed by atoms with Gasteiger partial charge < -0.3 is 30.4 Å². The van der Waals surface area contributed by atoms with Gasteiger partial charge in [-0.25, -0.2) is 4.98 Å². The number of fused-ring (bicyclic) bond motifs is 1. The number of methoxy groups -OCH3 is 1. The van der Waals surface area contributed by atoms with E-state index in [1.807, 2.05) is 41.9 Å². The number of carbonyl (C=O) groups is 3. The Bertz CT molecular complexity index is 2060. The van der Waals surface area contributed by atoms with E-state index >= 15 is 0 Å². The van der Waals surface area contributed by atoms with Crippen LogP contribution >= 0.6 is 23.2 Å². The summed E-state index contributed by atoms with van der Waals surface area (Å²) in [6, 6.07) is 13.2. The monoisotopic (exact) mass is 773 g/mol. The van der Waals surface area contributed by atoms with E-state index in [0.717, 1.165) is 74.1 Å². The number of hydrogen-bond acceptors (Lipinski definition) is 8. The zero-order chi connectivity index (χ0) is 37.9. The number of rotatable bonds is 12. The topological polar surface area (TPSA) is 151 Å². The lowest BCUT2D eigenvalue weighted by atomic mass is 9.81. The molecule has 1 saturated heterocycles. The summed E-state index contributed by atoms with van der Waals surface area (Å²) in [5.41, 5.74) is 5.97. The average Bonchev–Trinajstić information content (AvgIpc) is 3.74. The fraction of sp³-hybridized carbons (Fsp3) is 0.425. The number of aliphatic carboxylic acids is 1. The number of benzene rings is 2. The standard InChI is InChI=1S/C40H45Cl2N7O5/c1-48-32-15-17-49(21-23-6-8-24(9-7-23)40(52)53)22-31(32)46-38(48)39(51)47-30-5-3-4-28(35(30)41)29-14-16-44-37(36(29)42)25-10-11-26(33(18-25)54-2)19-43-20-27-12-13-34(50)45-27/h3-5,10-11,14,16,18,23-24,27,43H,6-9,12-13,15,17,19-22H2,1-2H3,(H,45,50)(H,47,51)(H,52,53)/t23-,24-,27-/m0/s1. The van der Waals surface area contributed by atoms with Crippen LogP contribution in [0.5, 0.6) is 5.75 Å². The SMILES string of the molecule is COc1cc(-c2nccc(-c3cccc(NC(=O)c4nc5c(n4C)CCN(C[C@H]4CC[C@H](C(=O)O)CC4)C5)c3Cl)c2Cl)ccc1CNC[C@@H]1CCC(=O)N1. The molecule has 284 valence electrons. The molecular weight excluding hydrogens is 729 g/mol. The van der Waals surface area contributed by atoms with Crippen molar-refractivity contribution >= 4 is 46.7 Å². The van der Waals surface area contributed by atoms with E-state index in [0.29, 0.717) is 76.1 Å². The summed E-state index contributed by atoms with van der Waals surface area (Å²) >= 11 is 14.0. The van der Waals surface area contributed by atoms with Gasteiger partial charge in [-0.15, -0.1) is 0 Å². The molecule has 0 bridgehead atoms. The molecule has 0 spiro atoms. The Morgan fingerprint density at radius 2 is 1.83 bits per heavy atom. The number of anilines is 1. The maximum atomic E-state index is 13.7. The molecule has 3 aliphatic rings. The minimum Gasteiger partial charge on any atom is -0.496 e. The molecule has 1 aliphatic carbocycles. The van der Waals surface area contributed by atoms with Gasteiger partial charge in [-0.3, -0.25) is 24.3 Å². The number of nitrogens with one attached hydrogen (secondary N) is 3. The van der Waals surface area contributed by atoms with Crippen LogP contribution in [0.25, 0.3) is 22.4 Å². The van der Waals surface area contributed by atoms with Gasteiger partial charge in [-0.1, -0.05) is 47.5 Å². The zero-order valence-electron chi connectivity index (χ0n) is 30.5. The molecule has 2 aromatic carbocycles. The largest absolute Gasteiger partial charge is 0.496 e. The van der Waals surface area contributed by atoms with E-state index in [9.17, 15) is 19.5 Å². The fourth-order valence-electron chi connectivity index (χ4n) is 8.02. The molecule has 4 heterocycles. The smallest absolute Gasteiger partial charge is 0.306 e. The van der Waals surface area contributed by atoms with Crippen LogP contribution in [0.3, 0.4) is 0 Å². The van der Waals surface area contributed by atoms with Crippen molar-refractivity contribution in [1.29, 1.82) is 0 Å². The summed E-state index contributed by atoms with van der Waals surface area (Å²) in [5, 5.41) is 19.5. The number of ether oxygens (including phenoxy) is 1. The number of imidazole rings is 1. The van der Waals surface area contributed by atoms with Crippen molar-refractivity contribution in [3.05, 3.63) is 81.5 Å². The van der Waals surface area contributed by atoms with Crippen LogP contribution in [0.15, 0.2) is 48.7 Å². The van der Waals surface area contributed by atoms with Crippen LogP contribution < -0.4 is 20.7 Å². The van der Waals surface area contributed by atoms with Crippen LogP contribution in [0.2, 0.25) is 10.0 Å². The Labute approximate surface area is 324 Å². The predicted octanol–water partition coefficient (Wildman–Crippen LogP) is 6.33. The second-order valence-corrected chi connectivity index (χ2v) is 15.3. The first kappa shape index (κ1) is 37.8. The van der Waals surface area contributed by atoms with Crippen LogP contribution in [0.1, 0.15) is 66.1 Å². The van der Waals surface area contributed by atoms with E-state index in [2.05, 4.69) is 25.8 Å². The quantitative estimate of drug-likeness (QED) is 0.129. The molecule has 1 saturated carbocycles. The molecular formula is C40H45Cl2N7O5. The van der Waals surface area contributed by atoms with Crippen molar-refractivity contribution in [2.24, 2.45) is 18.9 Å². The molecule has 0 radical (unpaired) electrons. The Balaban J connectivity index is 1.03. The lowest BCUT2D eigenvalue weighted by molar-refractivity contribution is -0.143. The Kier molecular flexibility index (Phi) is 11.5. The number of halogens is 2. The number of aromatic nitrogens is 3. The van der Waals surface area contributed by atoms with Crippen LogP contribution in [0.4, 0.5) is 5.69 Å². The molecule has 2 aliphatic heterocycles. The maximum Gasteiger partial charge on any atom is 0.306 e. The van der Waals surface area contributed by atoms with Crippen LogP contribution in [0, 0.1) is 11.8 Å². The molecule has 1 atom stereocenters. The van der Waals surface area contributed by atoms with E-state index < -0.39 is 5.97 Å². The summed E-state index contributed by atoms with van der Waals surface area (Å²) in [6.45, 7) is 3.68. The third kappa shape index (κ3) is 8.12. The van der Waals surface area contributed by atoms with Crippen molar-refractivity contribution in [3.63, 3.8) is 0 Å². The normalized spacial score (nSPS) is 20.0. The number of carbonyl (C=O) groups excluding carboxylic acids is 2. The zero-order valence-corrected chi connectivity index (χ0v) is 32.0. The van der Waals surface area contributed by atoms with Crippen LogP contribution in [-0.2, 0) is 36.1 Å². The highest BCUT2D eigenvalue weighted by atomic mass is 35.5. The second-order valence-electron chi connectivity index (χ2n) is 14.5. The summed E-state index contributed by atoms with van der Waals surface area (Å²) in [7, 11) is 3.49. The minimum absolute atomic E-state index is 0.0929. The van der Waals surface area contributed by atoms with Crippen molar-refractivity contribution in [2.75, 3.05) is 32.1 Å². The molecule has 7 rings (SSSR count). The van der Waals surface area contributed by atoms with Crippen molar-refractivity contribution in [3.8, 4) is 28.1 Å². The molecule has 12 nitrogen and oxygen atoms in total. The Morgan fingerprint density at radius 1 is 1.04 bits per heavy atom. The van der Waals surface area contributed by atoms with Gasteiger partial charge in [0.05, 0.1) is 40.1 Å². The first-order chi connectivity index (χ1) is 26.1. The molecule has 0 unspecified atom stereocenters. The van der Waals surface area contributed by atoms with Crippen molar-refractivity contribution in [2.45, 2.75) is 64.1 Å². The maximum absolute atomic E-state index is 13.7. The van der Waals surface area contributed by atoms with E-state index in [1.54, 1.807) is 25.4 Å². The average molecular weight is 775 g/mol. The minimum atomic E-state index is -0.684. The highest BCUT2D eigenvalue weighted by molar-refractivity contribution is 6.39. The fourth-order valence-corrected chi connectivity index (χ4v) is 8.61. The van der Waals surface area contributed by atoms with E-state index in [-0.39, 0.29) is 23.8 Å². The number of amides is 2. The Morgan fingerprint density at radius 3 is 2.57 bits per heavy atom. The molecule has 2 fully saturated rings. The second kappa shape index (κ2) is 16.5. The number of pyridine rings is 1. The highest BCUT2D eigenvalue weighted by Crippen LogP contribution is 2.41. The Hall–Kier alpha value is -4.49. The van der Waals surface area contributed by atoms with Gasteiger partial charge in [0.15, 0.2) is 5.82 Å². The third-order valence-corrected chi connectivity index (χ3v) is 11.8. The van der Waals surface area contributed by atoms with Gasteiger partial charge in [-0.05, 0) is 56.2 Å². The molecule has 2 aromatic heterocycles. The summed E-state index contributed by atoms with van der Waals surface area (Å²) in [5.74, 6) is 0.301. The number of carboxylic acid groups (broad SMARTS) is 1. The third-order valence-electron chi connectivity index (χ3n) is 11.0. The van der Waals surface area contributed by atoms with Gasteiger partial charge in [0.1, 0.15) is 5.75 Å². The van der Waals surface area contributed by atoms with Crippen LogP contribution in [-0.4, -0.2) is 75.1 Å². The van der Waals surface area contributed by atoms with Gasteiger partial charge in [0, 0.05) is 92.8 Å². The highest BCUT2D eigenvalue weighted by Gasteiger charge is 2.30. The van der Waals surface area contributed by atoms with Crippen molar-refractivity contribution < 1.29 is 24.2 Å². The van der Waals surface area contributed by atoms with Gasteiger partial charge in [0.25, 0.3) is 5.91 Å².